The van der Waals surface area contributed by atoms with Gasteiger partial charge in [0.15, 0.2) is 0 Å². The van der Waals surface area contributed by atoms with Gasteiger partial charge in [-0.2, -0.15) is 14.6 Å². The van der Waals surface area contributed by atoms with Crippen molar-refractivity contribution in [3.8, 4) is 11.3 Å². The number of carboxylic acids is 1. The number of carbonyl (C=O) groups is 1. The van der Waals surface area contributed by atoms with Gasteiger partial charge in [-0.3, -0.25) is 4.79 Å². The number of benzene rings is 1. The molecule has 118 valence electrons. The Hall–Kier alpha value is -2.96. The van der Waals surface area contributed by atoms with Crippen molar-refractivity contribution in [2.45, 2.75) is 6.92 Å². The van der Waals surface area contributed by atoms with E-state index in [1.54, 1.807) is 11.4 Å². The third-order valence-corrected chi connectivity index (χ3v) is 3.66. The van der Waals surface area contributed by atoms with Crippen LogP contribution in [0.4, 0.5) is 5.82 Å². The number of hydrogen-bond donors (Lipinski definition) is 1. The topological polar surface area (TPSA) is 83.6 Å². The number of anilines is 1. The minimum absolute atomic E-state index is 0.364. The Morgan fingerprint density at radius 2 is 2.09 bits per heavy atom. The first-order chi connectivity index (χ1) is 11.1. The van der Waals surface area contributed by atoms with Crippen molar-refractivity contribution in [2.75, 3.05) is 18.5 Å². The third kappa shape index (κ3) is 2.98. The van der Waals surface area contributed by atoms with Gasteiger partial charge in [-0.1, -0.05) is 37.3 Å². The lowest BCUT2D eigenvalue weighted by Crippen LogP contribution is -2.30. The fourth-order valence-electron chi connectivity index (χ4n) is 2.41. The van der Waals surface area contributed by atoms with E-state index in [9.17, 15) is 4.79 Å². The number of fused-ring (bicyclic) bond motifs is 1. The molecule has 1 aromatic carbocycles. The highest BCUT2D eigenvalue weighted by Gasteiger charge is 2.17. The Bertz CT molecular complexity index is 831. The average molecular weight is 311 g/mol. The summed E-state index contributed by atoms with van der Waals surface area (Å²) >= 11 is 0. The molecular weight excluding hydrogens is 294 g/mol. The Morgan fingerprint density at radius 3 is 2.78 bits per heavy atom. The summed E-state index contributed by atoms with van der Waals surface area (Å²) in [7, 11) is 1.84. The van der Waals surface area contributed by atoms with E-state index in [4.69, 9.17) is 5.11 Å². The second-order valence-electron chi connectivity index (χ2n) is 5.46. The maximum Gasteiger partial charge on any atom is 0.308 e. The average Bonchev–Trinajstić information content (AvgIpc) is 3.02. The molecule has 2 aromatic heterocycles. The van der Waals surface area contributed by atoms with Gasteiger partial charge >= 0.3 is 5.97 Å². The van der Waals surface area contributed by atoms with Crippen molar-refractivity contribution in [1.29, 1.82) is 0 Å². The van der Waals surface area contributed by atoms with Crippen LogP contribution in [0.25, 0.3) is 17.0 Å². The Balaban J connectivity index is 2.05. The quantitative estimate of drug-likeness (QED) is 0.775. The molecule has 7 heteroatoms. The summed E-state index contributed by atoms with van der Waals surface area (Å²) in [5, 5.41) is 13.3. The van der Waals surface area contributed by atoms with Gasteiger partial charge in [0.2, 0.25) is 0 Å². The summed E-state index contributed by atoms with van der Waals surface area (Å²) < 4.78 is 1.61. The van der Waals surface area contributed by atoms with Crippen molar-refractivity contribution < 1.29 is 9.90 Å². The predicted molar refractivity (Wildman–Crippen MR) is 86.3 cm³/mol. The Morgan fingerprint density at radius 1 is 1.35 bits per heavy atom. The molecule has 3 aromatic rings. The fourth-order valence-corrected chi connectivity index (χ4v) is 2.41. The van der Waals surface area contributed by atoms with Crippen LogP contribution < -0.4 is 4.90 Å². The van der Waals surface area contributed by atoms with Gasteiger partial charge in [0.05, 0.1) is 11.6 Å². The first-order valence-electron chi connectivity index (χ1n) is 7.26. The molecule has 1 atom stereocenters. The second kappa shape index (κ2) is 6.04. The maximum absolute atomic E-state index is 11.1. The van der Waals surface area contributed by atoms with Crippen molar-refractivity contribution in [1.82, 2.24) is 19.6 Å². The summed E-state index contributed by atoms with van der Waals surface area (Å²) in [6, 6.07) is 11.7. The lowest BCUT2D eigenvalue weighted by atomic mass is 10.1. The van der Waals surface area contributed by atoms with Crippen LogP contribution in [0.15, 0.2) is 42.7 Å². The SMILES string of the molecule is CC(CN(C)c1cc(-c2ccccc2)nc2ncnn12)C(=O)O. The van der Waals surface area contributed by atoms with Gasteiger partial charge in [-0.05, 0) is 0 Å². The predicted octanol–water partition coefficient (Wildman–Crippen LogP) is 1.95. The highest BCUT2D eigenvalue weighted by atomic mass is 16.4. The molecule has 1 unspecified atom stereocenters. The molecule has 0 saturated carbocycles. The van der Waals surface area contributed by atoms with Crippen molar-refractivity contribution in [3.05, 3.63) is 42.7 Å². The molecule has 0 radical (unpaired) electrons. The van der Waals surface area contributed by atoms with Gasteiger partial charge in [-0.15, -0.1) is 0 Å². The highest BCUT2D eigenvalue weighted by Crippen LogP contribution is 2.23. The zero-order valence-corrected chi connectivity index (χ0v) is 12.9. The van der Waals surface area contributed by atoms with Crippen LogP contribution in [-0.4, -0.2) is 44.3 Å². The van der Waals surface area contributed by atoms with E-state index in [-0.39, 0.29) is 0 Å². The van der Waals surface area contributed by atoms with Crippen LogP contribution in [-0.2, 0) is 4.79 Å². The zero-order chi connectivity index (χ0) is 16.4. The molecule has 3 rings (SSSR count). The van der Waals surface area contributed by atoms with Crippen LogP contribution in [0.3, 0.4) is 0 Å². The van der Waals surface area contributed by atoms with Crippen LogP contribution in [0.2, 0.25) is 0 Å². The van der Waals surface area contributed by atoms with E-state index in [2.05, 4.69) is 15.1 Å². The molecule has 0 fully saturated rings. The van der Waals surface area contributed by atoms with Crippen LogP contribution >= 0.6 is 0 Å². The molecule has 1 N–H and O–H groups in total. The van der Waals surface area contributed by atoms with Gasteiger partial charge < -0.3 is 10.0 Å². The van der Waals surface area contributed by atoms with E-state index in [0.29, 0.717) is 12.3 Å². The lowest BCUT2D eigenvalue weighted by molar-refractivity contribution is -0.140. The van der Waals surface area contributed by atoms with E-state index in [1.165, 1.54) is 6.33 Å². The van der Waals surface area contributed by atoms with Gasteiger partial charge in [0.25, 0.3) is 5.78 Å². The first kappa shape index (κ1) is 15.0. The molecule has 0 saturated heterocycles. The number of hydrogen-bond acceptors (Lipinski definition) is 5. The van der Waals surface area contributed by atoms with E-state index in [1.807, 2.05) is 48.3 Å². The summed E-state index contributed by atoms with van der Waals surface area (Å²) in [5.41, 5.74) is 1.75. The largest absolute Gasteiger partial charge is 0.481 e. The molecule has 0 aliphatic heterocycles. The molecule has 0 aliphatic carbocycles. The zero-order valence-electron chi connectivity index (χ0n) is 12.9. The van der Waals surface area contributed by atoms with Gasteiger partial charge in [-0.25, -0.2) is 4.98 Å². The standard InChI is InChI=1S/C16H17N5O2/c1-11(15(22)23)9-20(2)14-8-13(12-6-4-3-5-7-12)19-16-17-10-18-21(14)16/h3-8,10-11H,9H2,1-2H3,(H,22,23). The monoisotopic (exact) mass is 311 g/mol. The summed E-state index contributed by atoms with van der Waals surface area (Å²) in [5.74, 6) is -0.0911. The number of nitrogens with zero attached hydrogens (tertiary/aromatic N) is 5. The van der Waals surface area contributed by atoms with Crippen molar-refractivity contribution >= 4 is 17.6 Å². The first-order valence-corrected chi connectivity index (χ1v) is 7.26. The number of rotatable bonds is 5. The van der Waals surface area contributed by atoms with E-state index in [0.717, 1.165) is 17.1 Å². The van der Waals surface area contributed by atoms with Gasteiger partial charge in [0, 0.05) is 25.2 Å². The molecule has 0 bridgehead atoms. The third-order valence-electron chi connectivity index (χ3n) is 3.66. The maximum atomic E-state index is 11.1. The van der Waals surface area contributed by atoms with Crippen LogP contribution in [0.1, 0.15) is 6.92 Å². The van der Waals surface area contributed by atoms with Gasteiger partial charge in [0.1, 0.15) is 12.1 Å². The minimum Gasteiger partial charge on any atom is -0.481 e. The van der Waals surface area contributed by atoms with Crippen molar-refractivity contribution in [2.24, 2.45) is 5.92 Å². The minimum atomic E-state index is -0.830. The number of aliphatic carboxylic acids is 1. The molecule has 0 spiro atoms. The molecule has 2 heterocycles. The lowest BCUT2D eigenvalue weighted by Gasteiger charge is -2.22. The summed E-state index contributed by atoms with van der Waals surface area (Å²) in [4.78, 5) is 21.6. The molecule has 23 heavy (non-hydrogen) atoms. The summed E-state index contributed by atoms with van der Waals surface area (Å²) in [6.07, 6.45) is 1.44. The summed E-state index contributed by atoms with van der Waals surface area (Å²) in [6.45, 7) is 2.04. The second-order valence-corrected chi connectivity index (χ2v) is 5.46. The molecule has 0 aliphatic rings. The van der Waals surface area contributed by atoms with E-state index < -0.39 is 11.9 Å². The van der Waals surface area contributed by atoms with Crippen molar-refractivity contribution in [3.63, 3.8) is 0 Å². The smallest absolute Gasteiger partial charge is 0.308 e. The van der Waals surface area contributed by atoms with Crippen LogP contribution in [0, 0.1) is 5.92 Å². The fraction of sp³-hybridized carbons (Fsp3) is 0.250. The molecule has 7 nitrogen and oxygen atoms in total. The van der Waals surface area contributed by atoms with Crippen LogP contribution in [0.5, 0.6) is 0 Å². The van der Waals surface area contributed by atoms with E-state index >= 15 is 0 Å². The normalized spacial score (nSPS) is 12.3. The Kier molecular flexibility index (Phi) is 3.92. The number of carboxylic acid groups (broad SMARTS) is 1. The Labute approximate surface area is 133 Å². The molecular formula is C16H17N5O2. The number of aromatic nitrogens is 4. The molecule has 0 amide bonds. The highest BCUT2D eigenvalue weighted by molar-refractivity contribution is 5.71.